The van der Waals surface area contributed by atoms with E-state index in [4.69, 9.17) is 4.99 Å². The summed E-state index contributed by atoms with van der Waals surface area (Å²) in [6.45, 7) is 0. The second kappa shape index (κ2) is 9.32. The van der Waals surface area contributed by atoms with Crippen molar-refractivity contribution in [3.05, 3.63) is 101 Å². The first kappa shape index (κ1) is 21.5. The molecule has 3 unspecified atom stereocenters. The second-order valence-electron chi connectivity index (χ2n) is 8.83. The number of thiazole rings is 1. The fourth-order valence-electron chi connectivity index (χ4n) is 5.31. The topological polar surface area (TPSA) is 34.4 Å². The Morgan fingerprint density at radius 3 is 2.42 bits per heavy atom. The van der Waals surface area contributed by atoms with Gasteiger partial charge in [-0.25, -0.2) is 0 Å². The van der Waals surface area contributed by atoms with Crippen molar-refractivity contribution in [2.75, 3.05) is 11.5 Å². The molecule has 33 heavy (non-hydrogen) atoms. The summed E-state index contributed by atoms with van der Waals surface area (Å²) in [7, 11) is 0. The molecule has 2 fully saturated rings. The van der Waals surface area contributed by atoms with Crippen LogP contribution >= 0.6 is 34.9 Å². The monoisotopic (exact) mass is 490 g/mol. The average Bonchev–Trinajstić information content (AvgIpc) is 3.18. The third-order valence-corrected chi connectivity index (χ3v) is 10.5. The molecule has 3 atom stereocenters. The Balaban J connectivity index is 1.57. The van der Waals surface area contributed by atoms with Gasteiger partial charge in [0, 0.05) is 10.2 Å². The summed E-state index contributed by atoms with van der Waals surface area (Å²) in [5.41, 5.74) is 3.91. The molecule has 6 heteroatoms. The zero-order valence-corrected chi connectivity index (χ0v) is 20.8. The molecule has 3 heterocycles. The van der Waals surface area contributed by atoms with Crippen molar-refractivity contribution in [1.29, 1.82) is 0 Å². The molecule has 168 valence electrons. The van der Waals surface area contributed by atoms with Gasteiger partial charge in [-0.3, -0.25) is 14.4 Å². The molecule has 3 aliphatic rings. The van der Waals surface area contributed by atoms with E-state index in [1.165, 1.54) is 39.7 Å². The molecule has 2 aliphatic heterocycles. The van der Waals surface area contributed by atoms with Crippen molar-refractivity contribution in [2.24, 2.45) is 10.9 Å². The Labute approximate surface area is 206 Å². The zero-order chi connectivity index (χ0) is 22.2. The van der Waals surface area contributed by atoms with Gasteiger partial charge in [0.05, 0.1) is 16.6 Å². The standard InChI is InChI=1S/C27H26N2OS3/c30-25-22(17-18-9-3-1-4-10-18)33-27-28-23-20(24(29(25)27)19-11-5-2-6-12-19)13-7-14-21(23)26-31-15-8-16-32-26/h1-6,9-12,17,20,23-24H,7-8,13-16H2. The SMILES string of the molecule is O=c1c(=Cc2ccccc2)sc2n1C(c1ccccc1)C1CCCC(=C3SCCCS3)C1N=2. The summed E-state index contributed by atoms with van der Waals surface area (Å²) in [4.78, 5) is 19.9. The number of rotatable bonds is 2. The van der Waals surface area contributed by atoms with Crippen LogP contribution in [-0.4, -0.2) is 22.1 Å². The minimum Gasteiger partial charge on any atom is -0.276 e. The van der Waals surface area contributed by atoms with Crippen LogP contribution in [-0.2, 0) is 0 Å². The van der Waals surface area contributed by atoms with E-state index in [-0.39, 0.29) is 17.6 Å². The van der Waals surface area contributed by atoms with Gasteiger partial charge >= 0.3 is 0 Å². The van der Waals surface area contributed by atoms with Crippen molar-refractivity contribution >= 4 is 40.9 Å². The van der Waals surface area contributed by atoms with Crippen LogP contribution in [0.1, 0.15) is 42.9 Å². The zero-order valence-electron chi connectivity index (χ0n) is 18.4. The molecule has 1 aliphatic carbocycles. The molecule has 1 saturated heterocycles. The number of benzene rings is 2. The fourth-order valence-corrected chi connectivity index (χ4v) is 9.13. The Hall–Kier alpha value is -2.02. The van der Waals surface area contributed by atoms with Crippen molar-refractivity contribution in [2.45, 2.75) is 37.8 Å². The van der Waals surface area contributed by atoms with E-state index in [2.05, 4.69) is 42.5 Å². The van der Waals surface area contributed by atoms with Crippen LogP contribution in [0.2, 0.25) is 0 Å². The summed E-state index contributed by atoms with van der Waals surface area (Å²) < 4.78 is 4.29. The first-order valence-electron chi connectivity index (χ1n) is 11.7. The lowest BCUT2D eigenvalue weighted by Gasteiger charge is -2.40. The van der Waals surface area contributed by atoms with Crippen LogP contribution in [0.5, 0.6) is 0 Å². The quantitative estimate of drug-likeness (QED) is 0.494. The summed E-state index contributed by atoms with van der Waals surface area (Å²) in [5, 5.41) is 0. The molecule has 0 amide bonds. The number of hydrogen-bond acceptors (Lipinski definition) is 5. The van der Waals surface area contributed by atoms with Crippen LogP contribution in [0.3, 0.4) is 0 Å². The van der Waals surface area contributed by atoms with Gasteiger partial charge in [0.25, 0.3) is 5.56 Å². The molecule has 1 aromatic heterocycles. The van der Waals surface area contributed by atoms with Gasteiger partial charge in [0.2, 0.25) is 0 Å². The molecule has 3 aromatic rings. The van der Waals surface area contributed by atoms with Gasteiger partial charge < -0.3 is 0 Å². The van der Waals surface area contributed by atoms with E-state index in [0.29, 0.717) is 5.92 Å². The van der Waals surface area contributed by atoms with Crippen molar-refractivity contribution in [1.82, 2.24) is 4.57 Å². The lowest BCUT2D eigenvalue weighted by molar-refractivity contribution is 0.254. The van der Waals surface area contributed by atoms with Crippen LogP contribution in [0.15, 0.2) is 80.3 Å². The van der Waals surface area contributed by atoms with Gasteiger partial charge in [-0.1, -0.05) is 72.0 Å². The number of nitrogens with zero attached hydrogens (tertiary/aromatic N) is 2. The molecule has 3 nitrogen and oxygen atoms in total. The van der Waals surface area contributed by atoms with E-state index >= 15 is 0 Å². The fraction of sp³-hybridized carbons (Fsp3) is 0.333. The summed E-state index contributed by atoms with van der Waals surface area (Å²) in [6.07, 6.45) is 6.73. The highest BCUT2D eigenvalue weighted by molar-refractivity contribution is 8.22. The first-order chi connectivity index (χ1) is 16.3. The lowest BCUT2D eigenvalue weighted by atomic mass is 9.75. The van der Waals surface area contributed by atoms with Crippen molar-refractivity contribution < 1.29 is 0 Å². The maximum Gasteiger partial charge on any atom is 0.270 e. The van der Waals surface area contributed by atoms with Crippen molar-refractivity contribution in [3.63, 3.8) is 0 Å². The molecular weight excluding hydrogens is 465 g/mol. The molecule has 0 bridgehead atoms. The largest absolute Gasteiger partial charge is 0.276 e. The highest BCUT2D eigenvalue weighted by Gasteiger charge is 2.41. The maximum absolute atomic E-state index is 13.7. The van der Waals surface area contributed by atoms with E-state index in [1.807, 2.05) is 52.4 Å². The van der Waals surface area contributed by atoms with Gasteiger partial charge in [-0.05, 0) is 60.0 Å². The molecule has 6 rings (SSSR count). The molecule has 1 saturated carbocycles. The Morgan fingerprint density at radius 1 is 0.939 bits per heavy atom. The molecule has 2 aromatic carbocycles. The second-order valence-corrected chi connectivity index (χ2v) is 12.3. The Kier molecular flexibility index (Phi) is 6.07. The van der Waals surface area contributed by atoms with Crippen molar-refractivity contribution in [3.8, 4) is 0 Å². The molecular formula is C27H26N2OS3. The number of thioether (sulfide) groups is 2. The molecule has 0 radical (unpaired) electrons. The maximum atomic E-state index is 13.7. The smallest absolute Gasteiger partial charge is 0.270 e. The lowest BCUT2D eigenvalue weighted by Crippen LogP contribution is -2.47. The van der Waals surface area contributed by atoms with Crippen LogP contribution in [0.4, 0.5) is 0 Å². The minimum absolute atomic E-state index is 0.0415. The highest BCUT2D eigenvalue weighted by atomic mass is 32.2. The van der Waals surface area contributed by atoms with Gasteiger partial charge in [-0.2, -0.15) is 0 Å². The highest BCUT2D eigenvalue weighted by Crippen LogP contribution is 2.47. The van der Waals surface area contributed by atoms with E-state index in [9.17, 15) is 4.79 Å². The normalized spacial score (nSPS) is 25.3. The van der Waals surface area contributed by atoms with Crippen LogP contribution in [0.25, 0.3) is 6.08 Å². The predicted octanol–water partition coefficient (Wildman–Crippen LogP) is 5.21. The molecule has 0 N–H and O–H groups in total. The summed E-state index contributed by atoms with van der Waals surface area (Å²) in [5.74, 6) is 2.76. The minimum atomic E-state index is 0.0415. The first-order valence-corrected chi connectivity index (χ1v) is 14.5. The van der Waals surface area contributed by atoms with E-state index < -0.39 is 0 Å². The number of hydrogen-bond donors (Lipinski definition) is 0. The molecule has 0 spiro atoms. The Bertz CT molecular complexity index is 1350. The van der Waals surface area contributed by atoms with E-state index in [0.717, 1.165) is 27.7 Å². The third-order valence-electron chi connectivity index (χ3n) is 6.77. The number of aromatic nitrogens is 1. The van der Waals surface area contributed by atoms with Crippen LogP contribution in [0, 0.1) is 5.92 Å². The summed E-state index contributed by atoms with van der Waals surface area (Å²) >= 11 is 5.60. The number of fused-ring (bicyclic) bond motifs is 2. The predicted molar refractivity (Wildman–Crippen MR) is 142 cm³/mol. The van der Waals surface area contributed by atoms with E-state index in [1.54, 1.807) is 11.3 Å². The third kappa shape index (κ3) is 4.07. The Morgan fingerprint density at radius 2 is 1.67 bits per heavy atom. The average molecular weight is 491 g/mol. The van der Waals surface area contributed by atoms with Gasteiger partial charge in [0.1, 0.15) is 0 Å². The van der Waals surface area contributed by atoms with Gasteiger partial charge in [0.15, 0.2) is 4.80 Å². The van der Waals surface area contributed by atoms with Crippen LogP contribution < -0.4 is 14.9 Å². The van der Waals surface area contributed by atoms with Gasteiger partial charge in [-0.15, -0.1) is 23.5 Å². The summed E-state index contributed by atoms with van der Waals surface area (Å²) in [6, 6.07) is 21.0.